The standard InChI is InChI=1S/C23H17NO5/c1-27-23(25)21(14-10-11-19-20(12-14)29-13-28-19)22-15-6-2-4-8-17(15)24(26)18-9-5-3-7-16(18)22/h2-12,21H,13H2,1H3. The lowest BCUT2D eigenvalue weighted by Crippen LogP contribution is -2.30. The van der Waals surface area contributed by atoms with Crippen molar-refractivity contribution in [3.05, 3.63) is 83.1 Å². The zero-order valence-electron chi connectivity index (χ0n) is 15.6. The van der Waals surface area contributed by atoms with Crippen LogP contribution in [-0.4, -0.2) is 19.9 Å². The van der Waals surface area contributed by atoms with E-state index in [1.807, 2.05) is 42.5 Å². The number of esters is 1. The molecule has 5 rings (SSSR count). The molecule has 1 atom stereocenters. The van der Waals surface area contributed by atoms with Gasteiger partial charge in [0.2, 0.25) is 17.8 Å². The molecule has 6 heteroatoms. The van der Waals surface area contributed by atoms with Crippen molar-refractivity contribution in [3.63, 3.8) is 0 Å². The summed E-state index contributed by atoms with van der Waals surface area (Å²) in [5.74, 6) is 0.0747. The highest BCUT2D eigenvalue weighted by Crippen LogP contribution is 2.40. The summed E-state index contributed by atoms with van der Waals surface area (Å²) in [7, 11) is 1.36. The first-order chi connectivity index (χ1) is 14.2. The summed E-state index contributed by atoms with van der Waals surface area (Å²) in [4.78, 5) is 13.0. The van der Waals surface area contributed by atoms with Crippen LogP contribution >= 0.6 is 0 Å². The Bertz CT molecular complexity index is 1210. The van der Waals surface area contributed by atoms with Crippen molar-refractivity contribution >= 4 is 27.8 Å². The molecule has 1 unspecified atom stereocenters. The van der Waals surface area contributed by atoms with Crippen molar-refractivity contribution in [1.82, 2.24) is 0 Å². The number of fused-ring (bicyclic) bond motifs is 3. The third kappa shape index (κ3) is 2.64. The summed E-state index contributed by atoms with van der Waals surface area (Å²) in [6.07, 6.45) is 0. The topological polar surface area (TPSA) is 71.7 Å². The predicted octanol–water partition coefficient (Wildman–Crippen LogP) is 3.66. The van der Waals surface area contributed by atoms with Crippen molar-refractivity contribution < 1.29 is 23.7 Å². The van der Waals surface area contributed by atoms with E-state index in [1.54, 1.807) is 24.3 Å². The van der Waals surface area contributed by atoms with Gasteiger partial charge in [-0.3, -0.25) is 4.79 Å². The lowest BCUT2D eigenvalue weighted by atomic mass is 9.86. The fraction of sp³-hybridized carbons (Fsp3) is 0.130. The summed E-state index contributed by atoms with van der Waals surface area (Å²) in [6.45, 7) is 0.148. The minimum absolute atomic E-state index is 0.148. The Hall–Kier alpha value is -3.80. The van der Waals surface area contributed by atoms with Gasteiger partial charge in [0.05, 0.1) is 17.9 Å². The van der Waals surface area contributed by atoms with Gasteiger partial charge in [-0.2, -0.15) is 4.73 Å². The highest BCUT2D eigenvalue weighted by atomic mass is 16.7. The third-order valence-electron chi connectivity index (χ3n) is 5.28. The van der Waals surface area contributed by atoms with Gasteiger partial charge in [0.15, 0.2) is 11.5 Å². The van der Waals surface area contributed by atoms with E-state index in [9.17, 15) is 10.0 Å². The molecule has 0 spiro atoms. The highest BCUT2D eigenvalue weighted by molar-refractivity contribution is 6.00. The van der Waals surface area contributed by atoms with Gasteiger partial charge in [-0.15, -0.1) is 0 Å². The number of nitrogens with zero attached hydrogens (tertiary/aromatic N) is 1. The molecule has 0 amide bonds. The second kappa shape index (κ2) is 6.67. The van der Waals surface area contributed by atoms with Crippen LogP contribution in [-0.2, 0) is 9.53 Å². The molecule has 0 radical (unpaired) electrons. The fourth-order valence-corrected chi connectivity index (χ4v) is 3.97. The average molecular weight is 387 g/mol. The van der Waals surface area contributed by atoms with Gasteiger partial charge >= 0.3 is 5.97 Å². The Labute approximate surface area is 166 Å². The Morgan fingerprint density at radius 3 is 2.24 bits per heavy atom. The molecule has 29 heavy (non-hydrogen) atoms. The van der Waals surface area contributed by atoms with Gasteiger partial charge in [-0.25, -0.2) is 0 Å². The number of hydrogen-bond donors (Lipinski definition) is 0. The first kappa shape index (κ1) is 17.3. The van der Waals surface area contributed by atoms with Crippen molar-refractivity contribution in [1.29, 1.82) is 0 Å². The van der Waals surface area contributed by atoms with Crippen LogP contribution in [0.5, 0.6) is 11.5 Å². The van der Waals surface area contributed by atoms with E-state index in [2.05, 4.69) is 0 Å². The third-order valence-corrected chi connectivity index (χ3v) is 5.28. The zero-order valence-corrected chi connectivity index (χ0v) is 15.6. The minimum atomic E-state index is -0.731. The quantitative estimate of drug-likeness (QED) is 0.232. The number of aromatic nitrogens is 1. The van der Waals surface area contributed by atoms with Crippen molar-refractivity contribution in [2.45, 2.75) is 5.92 Å². The molecule has 0 saturated carbocycles. The lowest BCUT2D eigenvalue weighted by Gasteiger charge is -2.20. The first-order valence-corrected chi connectivity index (χ1v) is 9.19. The molecule has 0 saturated heterocycles. The van der Waals surface area contributed by atoms with Gasteiger partial charge in [0, 0.05) is 12.1 Å². The number of rotatable bonds is 3. The number of methoxy groups -OCH3 is 1. The highest BCUT2D eigenvalue weighted by Gasteiger charge is 2.31. The molecule has 1 aliphatic heterocycles. The molecule has 3 aromatic carbocycles. The van der Waals surface area contributed by atoms with Crippen molar-refractivity contribution in [3.8, 4) is 11.5 Å². The van der Waals surface area contributed by atoms with E-state index in [-0.39, 0.29) is 6.79 Å². The van der Waals surface area contributed by atoms with Crippen molar-refractivity contribution in [2.75, 3.05) is 13.9 Å². The maximum absolute atomic E-state index is 13.0. The van der Waals surface area contributed by atoms with E-state index >= 15 is 0 Å². The van der Waals surface area contributed by atoms with E-state index in [0.717, 1.165) is 10.3 Å². The average Bonchev–Trinajstić information content (AvgIpc) is 3.24. The van der Waals surface area contributed by atoms with Gasteiger partial charge in [0.25, 0.3) is 0 Å². The summed E-state index contributed by atoms with van der Waals surface area (Å²) in [6, 6.07) is 20.0. The van der Waals surface area contributed by atoms with Gasteiger partial charge in [0.1, 0.15) is 5.92 Å². The Balaban J connectivity index is 1.87. The molecule has 6 nitrogen and oxygen atoms in total. The van der Waals surface area contributed by atoms with Crippen molar-refractivity contribution in [2.24, 2.45) is 0 Å². The molecule has 0 N–H and O–H groups in total. The van der Waals surface area contributed by atoms with Crippen LogP contribution in [0.25, 0.3) is 21.8 Å². The van der Waals surface area contributed by atoms with Crippen LogP contribution < -0.4 is 14.2 Å². The summed E-state index contributed by atoms with van der Waals surface area (Å²) >= 11 is 0. The number of pyridine rings is 1. The molecule has 144 valence electrons. The van der Waals surface area contributed by atoms with Crippen LogP contribution in [0.3, 0.4) is 0 Å². The number of hydrogen-bond acceptors (Lipinski definition) is 5. The maximum Gasteiger partial charge on any atom is 0.317 e. The van der Waals surface area contributed by atoms with Gasteiger partial charge < -0.3 is 19.4 Å². The van der Waals surface area contributed by atoms with E-state index in [0.29, 0.717) is 38.9 Å². The molecular formula is C23H17NO5. The monoisotopic (exact) mass is 387 g/mol. The Morgan fingerprint density at radius 1 is 0.966 bits per heavy atom. The maximum atomic E-state index is 13.0. The van der Waals surface area contributed by atoms with E-state index in [4.69, 9.17) is 14.2 Å². The number of carbonyl (C=O) groups excluding carboxylic acids is 1. The zero-order chi connectivity index (χ0) is 20.0. The Kier molecular flexibility index (Phi) is 3.98. The normalized spacial score (nSPS) is 13.6. The summed E-state index contributed by atoms with van der Waals surface area (Å²) < 4.78 is 17.0. The molecule has 1 aromatic heterocycles. The second-order valence-electron chi connectivity index (χ2n) is 6.81. The molecule has 0 aliphatic carbocycles. The Morgan fingerprint density at radius 2 is 1.59 bits per heavy atom. The number of para-hydroxylation sites is 2. The smallest absolute Gasteiger partial charge is 0.317 e. The predicted molar refractivity (Wildman–Crippen MR) is 107 cm³/mol. The SMILES string of the molecule is COC(=O)C(c1ccc2c(c1)OCO2)c1c2ccccc2[n+]([O-])c2ccccc12. The van der Waals surface area contributed by atoms with Crippen LogP contribution in [0.1, 0.15) is 17.0 Å². The van der Waals surface area contributed by atoms with Crippen LogP contribution in [0.15, 0.2) is 66.7 Å². The molecule has 0 fully saturated rings. The van der Waals surface area contributed by atoms with Crippen LogP contribution in [0.2, 0.25) is 0 Å². The molecule has 0 bridgehead atoms. The second-order valence-corrected chi connectivity index (χ2v) is 6.81. The molecule has 1 aliphatic rings. The minimum Gasteiger partial charge on any atom is -0.618 e. The molecule has 4 aromatic rings. The number of carbonyl (C=O) groups is 1. The fourth-order valence-electron chi connectivity index (χ4n) is 3.97. The van der Waals surface area contributed by atoms with Gasteiger partial charge in [-0.05, 0) is 35.4 Å². The number of ether oxygens (including phenoxy) is 3. The number of benzene rings is 3. The first-order valence-electron chi connectivity index (χ1n) is 9.19. The summed E-state index contributed by atoms with van der Waals surface area (Å²) in [5, 5.41) is 14.4. The van der Waals surface area contributed by atoms with Crippen LogP contribution in [0.4, 0.5) is 0 Å². The lowest BCUT2D eigenvalue weighted by molar-refractivity contribution is -0.547. The molecule has 2 heterocycles. The van der Waals surface area contributed by atoms with E-state index in [1.165, 1.54) is 7.11 Å². The van der Waals surface area contributed by atoms with Crippen LogP contribution in [0, 0.1) is 5.21 Å². The largest absolute Gasteiger partial charge is 0.618 e. The molecular weight excluding hydrogens is 370 g/mol. The van der Waals surface area contributed by atoms with Gasteiger partial charge in [-0.1, -0.05) is 30.3 Å². The van der Waals surface area contributed by atoms with E-state index < -0.39 is 11.9 Å². The summed E-state index contributed by atoms with van der Waals surface area (Å²) in [5.41, 5.74) is 2.43.